The Morgan fingerprint density at radius 2 is 2.14 bits per heavy atom. The molecule has 2 heterocycles. The zero-order chi connectivity index (χ0) is 19.9. The molecule has 1 unspecified atom stereocenters. The number of hydrogen-bond donors (Lipinski definition) is 2. The van der Waals surface area contributed by atoms with Gasteiger partial charge >= 0.3 is 0 Å². The predicted molar refractivity (Wildman–Crippen MR) is 112 cm³/mol. The van der Waals surface area contributed by atoms with E-state index in [2.05, 4.69) is 20.9 Å². The number of aryl methyl sites for hydroxylation is 1. The summed E-state index contributed by atoms with van der Waals surface area (Å²) in [4.78, 5) is 16.6. The van der Waals surface area contributed by atoms with Crippen molar-refractivity contribution in [3.05, 3.63) is 89.0 Å². The summed E-state index contributed by atoms with van der Waals surface area (Å²) in [6.45, 7) is 4.05. The van der Waals surface area contributed by atoms with E-state index in [4.69, 9.17) is 0 Å². The molecule has 1 aromatic heterocycles. The van der Waals surface area contributed by atoms with Crippen molar-refractivity contribution in [3.8, 4) is 0 Å². The van der Waals surface area contributed by atoms with Crippen molar-refractivity contribution in [2.75, 3.05) is 12.4 Å². The molecule has 3 rings (SSSR count). The molecule has 1 aliphatic heterocycles. The highest BCUT2D eigenvalue weighted by Crippen LogP contribution is 2.24. The van der Waals surface area contributed by atoms with Gasteiger partial charge in [0.05, 0.1) is 5.56 Å². The van der Waals surface area contributed by atoms with Gasteiger partial charge in [0, 0.05) is 18.1 Å². The molecule has 0 radical (unpaired) electrons. The minimum Gasteiger partial charge on any atom is -0.683 e. The molecule has 6 nitrogen and oxygen atoms in total. The fourth-order valence-corrected chi connectivity index (χ4v) is 2.78. The van der Waals surface area contributed by atoms with Crippen LogP contribution in [0.3, 0.4) is 0 Å². The van der Waals surface area contributed by atoms with E-state index in [1.54, 1.807) is 18.6 Å². The van der Waals surface area contributed by atoms with E-state index in [9.17, 15) is 4.79 Å². The third kappa shape index (κ3) is 5.07. The molecule has 144 valence electrons. The number of pyridine rings is 1. The lowest BCUT2D eigenvalue weighted by Crippen LogP contribution is -2.21. The van der Waals surface area contributed by atoms with Crippen LogP contribution in [0.2, 0.25) is 0 Å². The molecular formula is C22H25N5O. The zero-order valence-corrected chi connectivity index (χ0v) is 16.4. The van der Waals surface area contributed by atoms with Crippen molar-refractivity contribution < 1.29 is 9.37 Å². The molecule has 28 heavy (non-hydrogen) atoms. The van der Waals surface area contributed by atoms with E-state index in [0.717, 1.165) is 28.9 Å². The summed E-state index contributed by atoms with van der Waals surface area (Å²) in [6, 6.07) is 9.58. The average molecular weight is 375 g/mol. The number of nitrogens with zero attached hydrogens (tertiary/aromatic N) is 3. The van der Waals surface area contributed by atoms with Gasteiger partial charge in [0.2, 0.25) is 0 Å². The van der Waals surface area contributed by atoms with Crippen LogP contribution in [-0.2, 0) is 6.42 Å². The first-order valence-electron chi connectivity index (χ1n) is 9.30. The van der Waals surface area contributed by atoms with Crippen molar-refractivity contribution in [3.63, 3.8) is 0 Å². The Kier molecular flexibility index (Phi) is 6.22. The van der Waals surface area contributed by atoms with Crippen LogP contribution in [0.5, 0.6) is 0 Å². The van der Waals surface area contributed by atoms with Gasteiger partial charge in [-0.05, 0) is 36.4 Å². The van der Waals surface area contributed by atoms with E-state index < -0.39 is 0 Å². The number of rotatable bonds is 8. The van der Waals surface area contributed by atoms with Crippen LogP contribution >= 0.6 is 0 Å². The molecule has 6 heteroatoms. The summed E-state index contributed by atoms with van der Waals surface area (Å²) in [7, 11) is 1.98. The minimum atomic E-state index is -0.163. The largest absolute Gasteiger partial charge is 0.683 e. The predicted octanol–water partition coefficient (Wildman–Crippen LogP) is 3.96. The molecule has 0 saturated carbocycles. The first-order chi connectivity index (χ1) is 13.5. The van der Waals surface area contributed by atoms with Crippen molar-refractivity contribution in [1.82, 2.24) is 10.3 Å². The van der Waals surface area contributed by atoms with E-state index in [0.29, 0.717) is 5.56 Å². The summed E-state index contributed by atoms with van der Waals surface area (Å²) in [6.07, 6.45) is 11.8. The molecule has 0 spiro atoms. The average Bonchev–Trinajstić information content (AvgIpc) is 2.69. The maximum absolute atomic E-state index is 12.5. The SMILES string of the molecule is CCc1cncc(C(=O)Nc2cccc(C(C)[N-]C=CNC3=C[N+](C)=C3)c2)c1. The maximum Gasteiger partial charge on any atom is 0.257 e. The molecule has 2 aromatic rings. The Balaban J connectivity index is 1.57. The standard InChI is InChI=1S/C22H25N5O/c1-4-17-10-19(13-23-12-17)22(28)26-20-7-5-6-18(11-20)16(2)24-8-9-25-21-14-27(3)15-21/h5-16,25H,4H2,1-3H3,(H,26,28). The first-order valence-corrected chi connectivity index (χ1v) is 9.30. The number of allylic oxidation sites excluding steroid dienone is 1. The second-order valence-corrected chi connectivity index (χ2v) is 6.68. The lowest BCUT2D eigenvalue weighted by Gasteiger charge is -2.26. The Morgan fingerprint density at radius 3 is 2.89 bits per heavy atom. The van der Waals surface area contributed by atoms with E-state index in [1.165, 1.54) is 0 Å². The minimum absolute atomic E-state index is 0.0259. The Labute approximate surface area is 165 Å². The van der Waals surface area contributed by atoms with Crippen LogP contribution in [0.15, 0.2) is 67.0 Å². The fraction of sp³-hybridized carbons (Fsp3) is 0.227. The van der Waals surface area contributed by atoms with Gasteiger partial charge in [-0.25, -0.2) is 4.58 Å². The number of hydrogen-bond acceptors (Lipinski definition) is 3. The second kappa shape index (κ2) is 8.99. The van der Waals surface area contributed by atoms with Crippen molar-refractivity contribution in [1.29, 1.82) is 0 Å². The summed E-state index contributed by atoms with van der Waals surface area (Å²) in [5.41, 5.74) is 4.41. The smallest absolute Gasteiger partial charge is 0.257 e. The highest BCUT2D eigenvalue weighted by molar-refractivity contribution is 6.04. The van der Waals surface area contributed by atoms with Gasteiger partial charge in [0.15, 0.2) is 18.1 Å². The molecule has 0 saturated heterocycles. The third-order valence-electron chi connectivity index (χ3n) is 4.41. The topological polar surface area (TPSA) is 71.1 Å². The van der Waals surface area contributed by atoms with Gasteiger partial charge in [0.1, 0.15) is 7.05 Å². The molecule has 1 amide bonds. The molecule has 0 fully saturated rings. The van der Waals surface area contributed by atoms with Crippen LogP contribution in [0.4, 0.5) is 5.69 Å². The van der Waals surface area contributed by atoms with E-state index in [1.807, 2.05) is 74.4 Å². The molecule has 1 aromatic carbocycles. The highest BCUT2D eigenvalue weighted by Gasteiger charge is 2.09. The third-order valence-corrected chi connectivity index (χ3v) is 4.41. The van der Waals surface area contributed by atoms with Crippen LogP contribution in [-0.4, -0.2) is 28.7 Å². The first kappa shape index (κ1) is 19.4. The Morgan fingerprint density at radius 1 is 1.32 bits per heavy atom. The number of benzene rings is 1. The van der Waals surface area contributed by atoms with Gasteiger partial charge in [-0.3, -0.25) is 9.78 Å². The molecular weight excluding hydrogens is 350 g/mol. The summed E-state index contributed by atoms with van der Waals surface area (Å²) in [5, 5.41) is 10.6. The Hall–Kier alpha value is -3.41. The molecule has 0 aliphatic carbocycles. The van der Waals surface area contributed by atoms with Gasteiger partial charge < -0.3 is 16.0 Å². The second-order valence-electron chi connectivity index (χ2n) is 6.68. The van der Waals surface area contributed by atoms with Crippen LogP contribution in [0.1, 0.15) is 41.4 Å². The number of carbonyl (C=O) groups excluding carboxylic acids is 1. The summed E-state index contributed by atoms with van der Waals surface area (Å²) < 4.78 is 1.98. The summed E-state index contributed by atoms with van der Waals surface area (Å²) >= 11 is 0. The normalized spacial score (nSPS) is 14.0. The monoisotopic (exact) mass is 375 g/mol. The lowest BCUT2D eigenvalue weighted by atomic mass is 10.1. The molecule has 1 atom stereocenters. The van der Waals surface area contributed by atoms with Crippen molar-refractivity contribution in [2.24, 2.45) is 0 Å². The van der Waals surface area contributed by atoms with Crippen molar-refractivity contribution in [2.45, 2.75) is 26.3 Å². The zero-order valence-electron chi connectivity index (χ0n) is 16.4. The van der Waals surface area contributed by atoms with Crippen LogP contribution < -0.4 is 10.6 Å². The number of carbonyl (C=O) groups is 1. The summed E-state index contributed by atoms with van der Waals surface area (Å²) in [5.74, 6) is -0.163. The number of nitrogens with one attached hydrogen (secondary N) is 2. The lowest BCUT2D eigenvalue weighted by molar-refractivity contribution is -0.429. The number of amides is 1. The van der Waals surface area contributed by atoms with Gasteiger partial charge in [-0.1, -0.05) is 37.6 Å². The van der Waals surface area contributed by atoms with Crippen LogP contribution in [0, 0.1) is 0 Å². The maximum atomic E-state index is 12.5. The van der Waals surface area contributed by atoms with Gasteiger partial charge in [0.25, 0.3) is 5.91 Å². The van der Waals surface area contributed by atoms with Crippen molar-refractivity contribution >= 4 is 17.8 Å². The highest BCUT2D eigenvalue weighted by atomic mass is 16.1. The quantitative estimate of drug-likeness (QED) is 0.686. The number of anilines is 1. The molecule has 2 N–H and O–H groups in total. The van der Waals surface area contributed by atoms with Gasteiger partial charge in [-0.2, -0.15) is 6.20 Å². The Bertz CT molecular complexity index is 945. The molecule has 1 aliphatic rings. The molecule has 0 bridgehead atoms. The fourth-order valence-electron chi connectivity index (χ4n) is 2.78. The van der Waals surface area contributed by atoms with Crippen LogP contribution in [0.25, 0.3) is 5.32 Å². The van der Waals surface area contributed by atoms with Gasteiger partial charge in [-0.15, -0.1) is 0 Å². The number of aromatic nitrogens is 1. The van der Waals surface area contributed by atoms with E-state index in [-0.39, 0.29) is 11.9 Å². The van der Waals surface area contributed by atoms with E-state index >= 15 is 0 Å².